The van der Waals surface area contributed by atoms with Crippen LogP contribution in [0.2, 0.25) is 0 Å². The quantitative estimate of drug-likeness (QED) is 0.504. The average molecular weight is 335 g/mol. The number of carbonyl (C=O) groups excluding carboxylic acids is 2. The molecule has 2 aromatic carbocycles. The summed E-state index contributed by atoms with van der Waals surface area (Å²) in [5.41, 5.74) is 3.33. The molecule has 1 heterocycles. The van der Waals surface area contributed by atoms with E-state index in [9.17, 15) is 9.59 Å². The topological polar surface area (TPSA) is 69.4 Å². The predicted molar refractivity (Wildman–Crippen MR) is 92.4 cm³/mol. The second-order valence-corrected chi connectivity index (χ2v) is 5.51. The molecule has 1 aromatic heterocycles. The smallest absolute Gasteiger partial charge is 0.375 e. The van der Waals surface area contributed by atoms with Crippen LogP contribution in [0.15, 0.2) is 65.2 Å². The summed E-state index contributed by atoms with van der Waals surface area (Å²) in [7, 11) is 1.24. The summed E-state index contributed by atoms with van der Waals surface area (Å²) < 4.78 is 9.65. The van der Waals surface area contributed by atoms with Crippen molar-refractivity contribution in [3.05, 3.63) is 78.0 Å². The molecule has 3 rings (SSSR count). The Morgan fingerprint density at radius 1 is 1.00 bits per heavy atom. The Balaban J connectivity index is 1.60. The van der Waals surface area contributed by atoms with Crippen LogP contribution in [0.1, 0.15) is 33.2 Å². The van der Waals surface area contributed by atoms with Crippen molar-refractivity contribution < 1.29 is 18.7 Å². The number of ketones is 1. The second-order valence-electron chi connectivity index (χ2n) is 5.51. The van der Waals surface area contributed by atoms with Gasteiger partial charge < -0.3 is 9.15 Å². The summed E-state index contributed by atoms with van der Waals surface area (Å²) >= 11 is 0. The number of ether oxygens (including phenoxy) is 1. The normalized spacial score (nSPS) is 10.4. The molecule has 5 nitrogen and oxygen atoms in total. The highest BCUT2D eigenvalue weighted by atomic mass is 16.5. The summed E-state index contributed by atoms with van der Waals surface area (Å²) in [6.45, 7) is 0. The van der Waals surface area contributed by atoms with Gasteiger partial charge in [-0.25, -0.2) is 9.78 Å². The fourth-order valence-electron chi connectivity index (χ4n) is 2.46. The third kappa shape index (κ3) is 4.01. The largest absolute Gasteiger partial charge is 0.463 e. The van der Waals surface area contributed by atoms with Crippen LogP contribution in [0.5, 0.6) is 0 Å². The molecule has 3 aromatic rings. The highest BCUT2D eigenvalue weighted by Gasteiger charge is 2.17. The van der Waals surface area contributed by atoms with Gasteiger partial charge in [0.05, 0.1) is 13.3 Å². The van der Waals surface area contributed by atoms with Crippen LogP contribution in [0.25, 0.3) is 11.1 Å². The molecular weight excluding hydrogens is 318 g/mol. The van der Waals surface area contributed by atoms with Crippen LogP contribution in [-0.4, -0.2) is 23.8 Å². The van der Waals surface area contributed by atoms with E-state index in [-0.39, 0.29) is 23.9 Å². The minimum absolute atomic E-state index is 0.0682. The number of benzene rings is 2. The van der Waals surface area contributed by atoms with Gasteiger partial charge in [-0.15, -0.1) is 0 Å². The zero-order valence-electron chi connectivity index (χ0n) is 13.8. The lowest BCUT2D eigenvalue weighted by atomic mass is 10.0. The lowest BCUT2D eigenvalue weighted by Gasteiger charge is -2.04. The number of oxazole rings is 1. The standard InChI is InChI=1S/C20H17NO4/c1-24-20(23)18-13-21-19(25-18)17(22)12-9-14-7-10-16(11-8-14)15-5-3-2-4-6-15/h2-8,10-11,13H,9,12H2,1H3. The zero-order valence-corrected chi connectivity index (χ0v) is 13.8. The van der Waals surface area contributed by atoms with Gasteiger partial charge in [-0.2, -0.15) is 0 Å². The molecule has 0 aliphatic heterocycles. The molecule has 0 aliphatic rings. The second kappa shape index (κ2) is 7.57. The number of esters is 1. The van der Waals surface area contributed by atoms with Gasteiger partial charge in [-0.1, -0.05) is 54.6 Å². The first kappa shape index (κ1) is 16.6. The van der Waals surface area contributed by atoms with Gasteiger partial charge in [-0.3, -0.25) is 4.79 Å². The Morgan fingerprint density at radius 3 is 2.36 bits per heavy atom. The molecule has 5 heteroatoms. The highest BCUT2D eigenvalue weighted by molar-refractivity contribution is 5.93. The van der Waals surface area contributed by atoms with E-state index in [2.05, 4.69) is 21.9 Å². The van der Waals surface area contributed by atoms with Gasteiger partial charge in [0.15, 0.2) is 0 Å². The van der Waals surface area contributed by atoms with Gasteiger partial charge >= 0.3 is 5.97 Å². The molecular formula is C20H17NO4. The maximum atomic E-state index is 12.1. The lowest BCUT2D eigenvalue weighted by Crippen LogP contribution is -2.02. The molecule has 0 N–H and O–H groups in total. The van der Waals surface area contributed by atoms with Crippen molar-refractivity contribution in [3.8, 4) is 11.1 Å². The first-order chi connectivity index (χ1) is 12.2. The van der Waals surface area contributed by atoms with Gasteiger partial charge in [0, 0.05) is 6.42 Å². The van der Waals surface area contributed by atoms with E-state index < -0.39 is 5.97 Å². The number of hydrogen-bond acceptors (Lipinski definition) is 5. The molecule has 0 unspecified atom stereocenters. The van der Waals surface area contributed by atoms with Crippen molar-refractivity contribution in [2.75, 3.05) is 7.11 Å². The molecule has 0 saturated carbocycles. The first-order valence-electron chi connectivity index (χ1n) is 7.89. The molecule has 0 radical (unpaired) electrons. The van der Waals surface area contributed by atoms with Crippen molar-refractivity contribution in [3.63, 3.8) is 0 Å². The van der Waals surface area contributed by atoms with E-state index in [0.29, 0.717) is 6.42 Å². The Bertz CT molecular complexity index is 866. The minimum atomic E-state index is -0.650. The Kier molecular flexibility index (Phi) is 5.04. The van der Waals surface area contributed by atoms with E-state index >= 15 is 0 Å². The van der Waals surface area contributed by atoms with Crippen molar-refractivity contribution in [2.24, 2.45) is 0 Å². The Hall–Kier alpha value is -3.21. The monoisotopic (exact) mass is 335 g/mol. The van der Waals surface area contributed by atoms with Gasteiger partial charge in [0.2, 0.25) is 11.5 Å². The third-order valence-corrected chi connectivity index (χ3v) is 3.83. The summed E-state index contributed by atoms with van der Waals surface area (Å²) in [6, 6.07) is 18.2. The van der Waals surface area contributed by atoms with Crippen molar-refractivity contribution >= 4 is 11.8 Å². The molecule has 0 fully saturated rings. The van der Waals surface area contributed by atoms with Crippen LogP contribution >= 0.6 is 0 Å². The van der Waals surface area contributed by atoms with Gasteiger partial charge in [0.1, 0.15) is 0 Å². The predicted octanol–water partition coefficient (Wildman–Crippen LogP) is 3.94. The highest BCUT2D eigenvalue weighted by Crippen LogP contribution is 2.20. The number of methoxy groups -OCH3 is 1. The third-order valence-electron chi connectivity index (χ3n) is 3.83. The van der Waals surface area contributed by atoms with Crippen LogP contribution in [0, 0.1) is 0 Å². The Morgan fingerprint density at radius 2 is 1.68 bits per heavy atom. The lowest BCUT2D eigenvalue weighted by molar-refractivity contribution is 0.0563. The van der Waals surface area contributed by atoms with E-state index in [1.54, 1.807) is 0 Å². The maximum absolute atomic E-state index is 12.1. The van der Waals surface area contributed by atoms with Crippen molar-refractivity contribution in [2.45, 2.75) is 12.8 Å². The summed E-state index contributed by atoms with van der Waals surface area (Å²) in [5.74, 6) is -1.04. The summed E-state index contributed by atoms with van der Waals surface area (Å²) in [5, 5.41) is 0. The van der Waals surface area contributed by atoms with Gasteiger partial charge in [-0.05, 0) is 23.1 Å². The molecule has 0 atom stereocenters. The van der Waals surface area contributed by atoms with Crippen LogP contribution < -0.4 is 0 Å². The fraction of sp³-hybridized carbons (Fsp3) is 0.150. The number of rotatable bonds is 6. The van der Waals surface area contributed by atoms with E-state index in [4.69, 9.17) is 4.42 Å². The van der Waals surface area contributed by atoms with E-state index in [1.165, 1.54) is 13.3 Å². The fourth-order valence-corrected chi connectivity index (χ4v) is 2.46. The molecule has 25 heavy (non-hydrogen) atoms. The van der Waals surface area contributed by atoms with Crippen molar-refractivity contribution in [1.29, 1.82) is 0 Å². The molecule has 0 aliphatic carbocycles. The van der Waals surface area contributed by atoms with Crippen molar-refractivity contribution in [1.82, 2.24) is 4.98 Å². The first-order valence-corrected chi connectivity index (χ1v) is 7.89. The number of nitrogens with zero attached hydrogens (tertiary/aromatic N) is 1. The SMILES string of the molecule is COC(=O)c1cnc(C(=O)CCc2ccc(-c3ccccc3)cc2)o1. The molecule has 126 valence electrons. The maximum Gasteiger partial charge on any atom is 0.375 e. The summed E-state index contributed by atoms with van der Waals surface area (Å²) in [6.07, 6.45) is 2.03. The molecule has 0 bridgehead atoms. The van der Waals surface area contributed by atoms with Crippen LogP contribution in [-0.2, 0) is 11.2 Å². The zero-order chi connectivity index (χ0) is 17.6. The number of hydrogen-bond donors (Lipinski definition) is 0. The minimum Gasteiger partial charge on any atom is -0.463 e. The molecule has 0 amide bonds. The number of Topliss-reactive ketones (excluding diaryl/α,β-unsaturated/α-hetero) is 1. The van der Waals surface area contributed by atoms with Crippen LogP contribution in [0.4, 0.5) is 0 Å². The van der Waals surface area contributed by atoms with Gasteiger partial charge in [0.25, 0.3) is 5.89 Å². The Labute approximate surface area is 145 Å². The molecule has 0 saturated heterocycles. The van der Waals surface area contributed by atoms with E-state index in [0.717, 1.165) is 16.7 Å². The average Bonchev–Trinajstić information content (AvgIpc) is 3.17. The summed E-state index contributed by atoms with van der Waals surface area (Å²) in [4.78, 5) is 27.3. The number of aromatic nitrogens is 1. The van der Waals surface area contributed by atoms with E-state index in [1.807, 2.05) is 42.5 Å². The molecule has 0 spiro atoms. The number of aryl methyl sites for hydroxylation is 1. The number of carbonyl (C=O) groups is 2. The van der Waals surface area contributed by atoms with Crippen LogP contribution in [0.3, 0.4) is 0 Å².